The first-order chi connectivity index (χ1) is 18.0. The molecule has 38 heavy (non-hydrogen) atoms. The molecule has 0 saturated carbocycles. The van der Waals surface area contributed by atoms with Gasteiger partial charge in [-0.2, -0.15) is 0 Å². The summed E-state index contributed by atoms with van der Waals surface area (Å²) in [6, 6.07) is 15.1. The zero-order chi connectivity index (χ0) is 27.9. The number of nitrogens with one attached hydrogen (secondary N) is 2. The number of methoxy groups -OCH3 is 1. The third kappa shape index (κ3) is 7.44. The number of hydrogen-bond donors (Lipinski definition) is 2. The molecule has 0 aliphatic rings. The van der Waals surface area contributed by atoms with Crippen LogP contribution in [0.4, 0.5) is 11.5 Å². The lowest BCUT2D eigenvalue weighted by Gasteiger charge is -2.34. The summed E-state index contributed by atoms with van der Waals surface area (Å²) < 4.78 is 10.3. The molecule has 9 nitrogen and oxygen atoms in total. The Hall–Kier alpha value is -4.14. The number of carbonyl (C=O) groups excluding carboxylic acids is 3. The summed E-state index contributed by atoms with van der Waals surface area (Å²) in [7, 11) is 1.57. The Labute approximate surface area is 223 Å². The summed E-state index contributed by atoms with van der Waals surface area (Å²) in [6.07, 6.45) is 0.492. The van der Waals surface area contributed by atoms with E-state index in [1.807, 2.05) is 39.8 Å². The zero-order valence-corrected chi connectivity index (χ0v) is 22.8. The lowest BCUT2D eigenvalue weighted by molar-refractivity contribution is -0.128. The third-order valence-corrected chi connectivity index (χ3v) is 6.33. The van der Waals surface area contributed by atoms with Crippen LogP contribution in [0.5, 0.6) is 5.75 Å². The van der Waals surface area contributed by atoms with Gasteiger partial charge in [-0.25, -0.2) is 0 Å². The number of aromatic nitrogens is 1. The molecule has 1 unspecified atom stereocenters. The molecule has 0 aliphatic heterocycles. The number of carbonyl (C=O) groups is 3. The van der Waals surface area contributed by atoms with Crippen molar-refractivity contribution in [1.29, 1.82) is 0 Å². The molecule has 0 aliphatic carbocycles. The second-order valence-electron chi connectivity index (χ2n) is 9.87. The number of nitrogens with zero attached hydrogens (tertiary/aromatic N) is 2. The average Bonchev–Trinajstić information content (AvgIpc) is 3.30. The van der Waals surface area contributed by atoms with E-state index in [4.69, 9.17) is 9.26 Å². The second-order valence-corrected chi connectivity index (χ2v) is 9.87. The minimum atomic E-state index is -0.969. The van der Waals surface area contributed by atoms with Crippen molar-refractivity contribution in [3.05, 3.63) is 71.5 Å². The summed E-state index contributed by atoms with van der Waals surface area (Å²) in [5.41, 5.74) is 1.70. The number of aryl methyl sites for hydroxylation is 2. The molecule has 3 amide bonds. The molecular formula is C29H36N4O5. The van der Waals surface area contributed by atoms with E-state index in [0.717, 1.165) is 5.56 Å². The van der Waals surface area contributed by atoms with Gasteiger partial charge >= 0.3 is 0 Å². The molecule has 0 fully saturated rings. The number of benzene rings is 2. The molecule has 1 aromatic heterocycles. The number of anilines is 2. The predicted molar refractivity (Wildman–Crippen MR) is 146 cm³/mol. The maximum Gasteiger partial charge on any atom is 0.248 e. The quantitative estimate of drug-likeness (QED) is 0.364. The SMILES string of the molecule is CCC(C)(C)NC(=O)C(c1ccc(OC)cc1)N(C(=O)CCC(=O)Nc1cc(C)on1)c1ccc(C)cc1. The minimum Gasteiger partial charge on any atom is -0.497 e. The molecule has 1 atom stereocenters. The highest BCUT2D eigenvalue weighted by molar-refractivity contribution is 6.03. The van der Waals surface area contributed by atoms with Crippen molar-refractivity contribution >= 4 is 29.2 Å². The van der Waals surface area contributed by atoms with Gasteiger partial charge in [-0.1, -0.05) is 41.9 Å². The van der Waals surface area contributed by atoms with Gasteiger partial charge in [0.15, 0.2) is 5.82 Å². The van der Waals surface area contributed by atoms with Crippen LogP contribution in [-0.2, 0) is 14.4 Å². The number of ether oxygens (including phenoxy) is 1. The largest absolute Gasteiger partial charge is 0.497 e. The topological polar surface area (TPSA) is 114 Å². The number of hydrogen-bond acceptors (Lipinski definition) is 6. The lowest BCUT2D eigenvalue weighted by Crippen LogP contribution is -2.50. The van der Waals surface area contributed by atoms with Crippen molar-refractivity contribution < 1.29 is 23.6 Å². The normalized spacial score (nSPS) is 11.9. The van der Waals surface area contributed by atoms with E-state index in [0.29, 0.717) is 29.2 Å². The first-order valence-corrected chi connectivity index (χ1v) is 12.6. The van der Waals surface area contributed by atoms with Crippen molar-refractivity contribution in [3.63, 3.8) is 0 Å². The van der Waals surface area contributed by atoms with E-state index in [9.17, 15) is 14.4 Å². The Morgan fingerprint density at radius 1 is 1.03 bits per heavy atom. The Balaban J connectivity index is 1.96. The molecule has 2 N–H and O–H groups in total. The van der Waals surface area contributed by atoms with E-state index < -0.39 is 11.6 Å². The first-order valence-electron chi connectivity index (χ1n) is 12.6. The van der Waals surface area contributed by atoms with Crippen LogP contribution in [0, 0.1) is 13.8 Å². The molecule has 1 heterocycles. The molecule has 2 aromatic carbocycles. The molecule has 202 valence electrons. The van der Waals surface area contributed by atoms with E-state index in [2.05, 4.69) is 15.8 Å². The van der Waals surface area contributed by atoms with Gasteiger partial charge in [-0.05, 0) is 63.9 Å². The summed E-state index contributed by atoms with van der Waals surface area (Å²) in [4.78, 5) is 41.6. The van der Waals surface area contributed by atoms with Crippen LogP contribution in [0.25, 0.3) is 0 Å². The van der Waals surface area contributed by atoms with Crippen LogP contribution in [0.1, 0.15) is 63.0 Å². The molecule has 9 heteroatoms. The fraction of sp³-hybridized carbons (Fsp3) is 0.379. The first kappa shape index (κ1) is 28.4. The van der Waals surface area contributed by atoms with Gasteiger partial charge in [0.1, 0.15) is 17.6 Å². The van der Waals surface area contributed by atoms with E-state index in [1.54, 1.807) is 56.5 Å². The van der Waals surface area contributed by atoms with Gasteiger partial charge in [-0.3, -0.25) is 19.3 Å². The minimum absolute atomic E-state index is 0.0928. The highest BCUT2D eigenvalue weighted by Gasteiger charge is 2.35. The van der Waals surface area contributed by atoms with Gasteiger partial charge in [0.05, 0.1) is 7.11 Å². The summed E-state index contributed by atoms with van der Waals surface area (Å²) in [5.74, 6) is 0.407. The maximum absolute atomic E-state index is 13.8. The van der Waals surface area contributed by atoms with E-state index in [-0.39, 0.29) is 36.4 Å². The summed E-state index contributed by atoms with van der Waals surface area (Å²) >= 11 is 0. The van der Waals surface area contributed by atoms with Gasteiger partial charge in [-0.15, -0.1) is 0 Å². The van der Waals surface area contributed by atoms with Crippen LogP contribution in [0.3, 0.4) is 0 Å². The molecule has 3 aromatic rings. The van der Waals surface area contributed by atoms with Crippen molar-refractivity contribution in [2.24, 2.45) is 0 Å². The molecule has 0 saturated heterocycles. The molecular weight excluding hydrogens is 484 g/mol. The molecule has 0 spiro atoms. The predicted octanol–water partition coefficient (Wildman–Crippen LogP) is 5.10. The highest BCUT2D eigenvalue weighted by atomic mass is 16.5. The monoisotopic (exact) mass is 520 g/mol. The average molecular weight is 521 g/mol. The summed E-state index contributed by atoms with van der Waals surface area (Å²) in [6.45, 7) is 9.52. The lowest BCUT2D eigenvalue weighted by atomic mass is 9.97. The van der Waals surface area contributed by atoms with Gasteiger partial charge in [0.25, 0.3) is 0 Å². The van der Waals surface area contributed by atoms with Gasteiger partial charge in [0.2, 0.25) is 17.7 Å². The van der Waals surface area contributed by atoms with E-state index >= 15 is 0 Å². The number of rotatable bonds is 11. The zero-order valence-electron chi connectivity index (χ0n) is 22.8. The van der Waals surface area contributed by atoms with Gasteiger partial charge < -0.3 is 19.9 Å². The van der Waals surface area contributed by atoms with Crippen molar-refractivity contribution in [3.8, 4) is 5.75 Å². The third-order valence-electron chi connectivity index (χ3n) is 6.33. The second kappa shape index (κ2) is 12.4. The Morgan fingerprint density at radius 3 is 2.24 bits per heavy atom. The Morgan fingerprint density at radius 2 is 1.68 bits per heavy atom. The van der Waals surface area contributed by atoms with Crippen LogP contribution >= 0.6 is 0 Å². The van der Waals surface area contributed by atoms with Crippen molar-refractivity contribution in [1.82, 2.24) is 10.5 Å². The molecule has 3 rings (SSSR count). The van der Waals surface area contributed by atoms with Crippen LogP contribution in [-0.4, -0.2) is 35.5 Å². The fourth-order valence-electron chi connectivity index (χ4n) is 3.81. The number of amides is 3. The van der Waals surface area contributed by atoms with Crippen molar-refractivity contribution in [2.75, 3.05) is 17.3 Å². The maximum atomic E-state index is 13.8. The fourth-order valence-corrected chi connectivity index (χ4v) is 3.81. The Bertz CT molecular complexity index is 1250. The van der Waals surface area contributed by atoms with Crippen LogP contribution in [0.2, 0.25) is 0 Å². The van der Waals surface area contributed by atoms with Crippen LogP contribution in [0.15, 0.2) is 59.1 Å². The Kier molecular flexibility index (Phi) is 9.28. The van der Waals surface area contributed by atoms with Crippen molar-refractivity contribution in [2.45, 2.75) is 65.5 Å². The standard InChI is InChI=1S/C29H36N4O5/c1-7-29(4,5)31-28(36)27(21-10-14-23(37-6)15-11-21)33(22-12-8-19(2)9-13-22)26(35)17-16-25(34)30-24-18-20(3)38-32-24/h8-15,18,27H,7,16-17H2,1-6H3,(H,31,36)(H,30,32,34). The molecule has 0 bridgehead atoms. The molecule has 0 radical (unpaired) electrons. The van der Waals surface area contributed by atoms with Crippen LogP contribution < -0.4 is 20.3 Å². The van der Waals surface area contributed by atoms with E-state index in [1.165, 1.54) is 4.90 Å². The highest BCUT2D eigenvalue weighted by Crippen LogP contribution is 2.31. The van der Waals surface area contributed by atoms with Gasteiger partial charge in [0, 0.05) is 30.1 Å². The summed E-state index contributed by atoms with van der Waals surface area (Å²) in [5, 5.41) is 9.47. The smallest absolute Gasteiger partial charge is 0.248 e.